The second-order valence-electron chi connectivity index (χ2n) is 5.54. The number of rotatable bonds is 3. The first-order chi connectivity index (χ1) is 10.8. The predicted octanol–water partition coefficient (Wildman–Crippen LogP) is 4.45. The van der Waals surface area contributed by atoms with Crippen LogP contribution < -0.4 is 0 Å². The number of aliphatic imine (C=N–C) groups is 1. The molecule has 0 aliphatic carbocycles. The molecule has 0 radical (unpaired) electrons. The van der Waals surface area contributed by atoms with Crippen LogP contribution in [-0.4, -0.2) is 17.3 Å². The summed E-state index contributed by atoms with van der Waals surface area (Å²) < 4.78 is 0. The maximum absolute atomic E-state index is 9.21. The normalized spacial score (nSPS) is 17.5. The van der Waals surface area contributed by atoms with Gasteiger partial charge in [-0.25, -0.2) is 4.99 Å². The van der Waals surface area contributed by atoms with Crippen LogP contribution in [0.5, 0.6) is 0 Å². The summed E-state index contributed by atoms with van der Waals surface area (Å²) in [5.41, 5.74) is 2.70. The first-order valence-corrected chi connectivity index (χ1v) is 7.68. The van der Waals surface area contributed by atoms with Gasteiger partial charge in [0.2, 0.25) is 0 Å². The van der Waals surface area contributed by atoms with Gasteiger partial charge in [0.25, 0.3) is 0 Å². The second-order valence-corrected chi connectivity index (χ2v) is 5.54. The van der Waals surface area contributed by atoms with Gasteiger partial charge in [-0.15, -0.1) is 0 Å². The Morgan fingerprint density at radius 1 is 1.09 bits per heavy atom. The fourth-order valence-electron chi connectivity index (χ4n) is 2.93. The lowest BCUT2D eigenvalue weighted by atomic mass is 10.1. The lowest BCUT2D eigenvalue weighted by Gasteiger charge is -2.27. The largest absolute Gasteiger partial charge is 0.353 e. The van der Waals surface area contributed by atoms with E-state index >= 15 is 0 Å². The van der Waals surface area contributed by atoms with Crippen molar-refractivity contribution in [3.05, 3.63) is 65.7 Å². The van der Waals surface area contributed by atoms with E-state index < -0.39 is 0 Å². The van der Waals surface area contributed by atoms with E-state index in [1.165, 1.54) is 5.56 Å². The number of amidine groups is 1. The summed E-state index contributed by atoms with van der Waals surface area (Å²) in [6.45, 7) is 3.23. The van der Waals surface area contributed by atoms with E-state index in [4.69, 9.17) is 4.99 Å². The number of para-hydroxylation sites is 1. The van der Waals surface area contributed by atoms with Gasteiger partial charge in [-0.1, -0.05) is 42.5 Å². The van der Waals surface area contributed by atoms with Crippen LogP contribution in [0, 0.1) is 11.3 Å². The maximum Gasteiger partial charge on any atom is 0.105 e. The number of likely N-dealkylation sites (tertiary alicyclic amines) is 1. The molecule has 0 spiro atoms. The molecule has 2 aromatic carbocycles. The van der Waals surface area contributed by atoms with E-state index in [1.54, 1.807) is 0 Å². The fourth-order valence-corrected chi connectivity index (χ4v) is 2.93. The van der Waals surface area contributed by atoms with E-state index in [1.807, 2.05) is 30.3 Å². The highest BCUT2D eigenvalue weighted by atomic mass is 15.2. The molecule has 3 heteroatoms. The van der Waals surface area contributed by atoms with Crippen LogP contribution in [0.25, 0.3) is 0 Å². The SMILES string of the molecule is CC(c1ccccc1)N1CCCC1=Nc1ccccc1C#N. The average Bonchev–Trinajstić information content (AvgIpc) is 3.03. The van der Waals surface area contributed by atoms with Gasteiger partial charge in [0, 0.05) is 13.0 Å². The molecule has 110 valence electrons. The number of hydrogen-bond donors (Lipinski definition) is 0. The highest BCUT2D eigenvalue weighted by Crippen LogP contribution is 2.28. The molecule has 1 saturated heterocycles. The van der Waals surface area contributed by atoms with Crippen LogP contribution in [0.15, 0.2) is 59.6 Å². The van der Waals surface area contributed by atoms with Crippen LogP contribution in [0.4, 0.5) is 5.69 Å². The number of nitriles is 1. The molecule has 1 heterocycles. The third kappa shape index (κ3) is 2.87. The molecule has 0 saturated carbocycles. The molecule has 1 aliphatic heterocycles. The van der Waals surface area contributed by atoms with Crippen molar-refractivity contribution < 1.29 is 0 Å². The van der Waals surface area contributed by atoms with E-state index in [2.05, 4.69) is 42.2 Å². The van der Waals surface area contributed by atoms with Crippen LogP contribution in [-0.2, 0) is 0 Å². The first kappa shape index (κ1) is 14.3. The monoisotopic (exact) mass is 289 g/mol. The summed E-state index contributed by atoms with van der Waals surface area (Å²) >= 11 is 0. The zero-order valence-corrected chi connectivity index (χ0v) is 12.7. The van der Waals surface area contributed by atoms with E-state index in [0.717, 1.165) is 30.9 Å². The van der Waals surface area contributed by atoms with Gasteiger partial charge in [-0.05, 0) is 31.0 Å². The van der Waals surface area contributed by atoms with Gasteiger partial charge in [0.1, 0.15) is 11.9 Å². The standard InChI is InChI=1S/C19H19N3/c1-15(16-8-3-2-4-9-16)22-13-7-12-19(22)21-18-11-6-5-10-17(18)14-20/h2-6,8-11,15H,7,12-13H2,1H3. The molecule has 22 heavy (non-hydrogen) atoms. The van der Waals surface area contributed by atoms with Crippen LogP contribution >= 0.6 is 0 Å². The lowest BCUT2D eigenvalue weighted by molar-refractivity contribution is 0.364. The van der Waals surface area contributed by atoms with Crippen molar-refractivity contribution in [1.82, 2.24) is 4.90 Å². The summed E-state index contributed by atoms with van der Waals surface area (Å²) in [5, 5.41) is 9.21. The third-order valence-corrected chi connectivity index (χ3v) is 4.15. The molecular formula is C19H19N3. The van der Waals surface area contributed by atoms with Crippen LogP contribution in [0.1, 0.15) is 36.9 Å². The summed E-state index contributed by atoms with van der Waals surface area (Å²) in [7, 11) is 0. The summed E-state index contributed by atoms with van der Waals surface area (Å²) in [4.78, 5) is 7.13. The molecule has 1 atom stereocenters. The van der Waals surface area contributed by atoms with Crippen molar-refractivity contribution in [2.75, 3.05) is 6.54 Å². The number of nitrogens with zero attached hydrogens (tertiary/aromatic N) is 3. The molecule has 0 bridgehead atoms. The fraction of sp³-hybridized carbons (Fsp3) is 0.263. The molecule has 0 amide bonds. The zero-order valence-electron chi connectivity index (χ0n) is 12.7. The number of hydrogen-bond acceptors (Lipinski definition) is 2. The topological polar surface area (TPSA) is 39.4 Å². The Morgan fingerprint density at radius 2 is 1.82 bits per heavy atom. The van der Waals surface area contributed by atoms with Crippen molar-refractivity contribution >= 4 is 11.5 Å². The second kappa shape index (κ2) is 6.44. The average molecular weight is 289 g/mol. The van der Waals surface area contributed by atoms with Gasteiger partial charge in [-0.2, -0.15) is 5.26 Å². The summed E-state index contributed by atoms with van der Waals surface area (Å²) in [6, 6.07) is 20.6. The van der Waals surface area contributed by atoms with E-state index in [9.17, 15) is 5.26 Å². The van der Waals surface area contributed by atoms with Gasteiger partial charge in [0.05, 0.1) is 17.3 Å². The lowest BCUT2D eigenvalue weighted by Crippen LogP contribution is -2.28. The minimum Gasteiger partial charge on any atom is -0.353 e. The van der Waals surface area contributed by atoms with Crippen molar-refractivity contribution in [2.24, 2.45) is 4.99 Å². The quantitative estimate of drug-likeness (QED) is 0.837. The van der Waals surface area contributed by atoms with Crippen LogP contribution in [0.2, 0.25) is 0 Å². The summed E-state index contributed by atoms with van der Waals surface area (Å²) in [6.07, 6.45) is 2.08. The molecule has 3 nitrogen and oxygen atoms in total. The van der Waals surface area contributed by atoms with E-state index in [0.29, 0.717) is 11.6 Å². The minimum atomic E-state index is 0.302. The van der Waals surface area contributed by atoms with Gasteiger partial charge in [-0.3, -0.25) is 0 Å². The molecular weight excluding hydrogens is 270 g/mol. The molecule has 1 aliphatic rings. The van der Waals surface area contributed by atoms with Crippen molar-refractivity contribution in [1.29, 1.82) is 5.26 Å². The molecule has 0 aromatic heterocycles. The molecule has 2 aromatic rings. The Bertz CT molecular complexity index is 713. The minimum absolute atomic E-state index is 0.302. The highest BCUT2D eigenvalue weighted by Gasteiger charge is 2.24. The smallest absolute Gasteiger partial charge is 0.105 e. The predicted molar refractivity (Wildman–Crippen MR) is 89.0 cm³/mol. The zero-order chi connectivity index (χ0) is 15.4. The molecule has 0 N–H and O–H groups in total. The van der Waals surface area contributed by atoms with Crippen molar-refractivity contribution in [3.63, 3.8) is 0 Å². The van der Waals surface area contributed by atoms with Crippen molar-refractivity contribution in [3.8, 4) is 6.07 Å². The first-order valence-electron chi connectivity index (χ1n) is 7.68. The Balaban J connectivity index is 1.90. The number of benzene rings is 2. The van der Waals surface area contributed by atoms with Crippen molar-refractivity contribution in [2.45, 2.75) is 25.8 Å². The van der Waals surface area contributed by atoms with E-state index in [-0.39, 0.29) is 0 Å². The third-order valence-electron chi connectivity index (χ3n) is 4.15. The Labute approximate surface area is 131 Å². The van der Waals surface area contributed by atoms with Gasteiger partial charge < -0.3 is 4.90 Å². The molecule has 1 fully saturated rings. The Kier molecular flexibility index (Phi) is 4.20. The van der Waals surface area contributed by atoms with Crippen LogP contribution in [0.3, 0.4) is 0 Å². The Hall–Kier alpha value is -2.60. The van der Waals surface area contributed by atoms with Gasteiger partial charge >= 0.3 is 0 Å². The maximum atomic E-state index is 9.21. The van der Waals surface area contributed by atoms with Gasteiger partial charge in [0.15, 0.2) is 0 Å². The highest BCUT2D eigenvalue weighted by molar-refractivity contribution is 5.87. The Morgan fingerprint density at radius 3 is 2.59 bits per heavy atom. The summed E-state index contributed by atoms with van der Waals surface area (Å²) in [5.74, 6) is 1.08. The molecule has 1 unspecified atom stereocenters. The molecule has 3 rings (SSSR count).